The molecule has 3 N–H and O–H groups in total. The molecule has 1 aromatic carbocycles. The summed E-state index contributed by atoms with van der Waals surface area (Å²) in [6.07, 6.45) is 3.53. The number of amides is 2. The van der Waals surface area contributed by atoms with Crippen molar-refractivity contribution < 1.29 is 38.8 Å². The van der Waals surface area contributed by atoms with E-state index < -0.39 is 24.2 Å². The molecule has 0 bridgehead atoms. The zero-order chi connectivity index (χ0) is 26.5. The van der Waals surface area contributed by atoms with E-state index in [0.29, 0.717) is 45.6 Å². The first-order valence-corrected chi connectivity index (χ1v) is 13.6. The summed E-state index contributed by atoms with van der Waals surface area (Å²) in [6.45, 7) is 0.840. The number of rotatable bonds is 11. The van der Waals surface area contributed by atoms with Gasteiger partial charge >= 0.3 is 0 Å². The largest absolute Gasteiger partial charge is 0.493 e. The van der Waals surface area contributed by atoms with Crippen LogP contribution in [-0.2, 0) is 14.3 Å². The van der Waals surface area contributed by atoms with E-state index in [0.717, 1.165) is 25.7 Å². The Hall–Kier alpha value is -2.22. The molecule has 0 unspecified atom stereocenters. The smallest absolute Gasteiger partial charge is 0.247 e. The number of benzene rings is 1. The Labute approximate surface area is 229 Å². The fourth-order valence-corrected chi connectivity index (χ4v) is 5.55. The van der Waals surface area contributed by atoms with Crippen LogP contribution in [0.3, 0.4) is 0 Å². The van der Waals surface area contributed by atoms with Crippen molar-refractivity contribution in [1.29, 1.82) is 0 Å². The summed E-state index contributed by atoms with van der Waals surface area (Å²) in [7, 11) is 1.45. The second-order valence-electron chi connectivity index (χ2n) is 9.57. The molecule has 1 saturated carbocycles. The van der Waals surface area contributed by atoms with Crippen LogP contribution in [0.1, 0.15) is 42.5 Å². The van der Waals surface area contributed by atoms with Crippen molar-refractivity contribution in [3.05, 3.63) is 32.9 Å². The number of carbonyl (C=O) groups excluding carboxylic acids is 3. The lowest BCUT2D eigenvalue weighted by molar-refractivity contribution is -0.142. The number of ether oxygens (including phenoxy) is 3. The van der Waals surface area contributed by atoms with E-state index in [1.165, 1.54) is 13.2 Å². The zero-order valence-corrected chi connectivity index (χ0v) is 22.9. The lowest BCUT2D eigenvalue weighted by Gasteiger charge is -2.41. The summed E-state index contributed by atoms with van der Waals surface area (Å²) in [4.78, 5) is 39.3. The standard InChI is InChI=1S/C26H33IN2O8/c1-35-22-10-15(14-31)9-19(27)24(22)37-21-12-17(25(33)28-6-7-30)11-20(23(21)32)29(26(34)16-4-5-16)13-18-3-2-8-36-18/h9-10,12,14,16,18,20-21,23,30,32H,2-8,11,13H2,1H3,(H,28,33)/t18-,20+,21-,23-/m0/s1. The molecular formula is C26H33IN2O8. The van der Waals surface area contributed by atoms with Gasteiger partial charge in [-0.05, 0) is 66.5 Å². The number of nitrogens with one attached hydrogen (secondary N) is 1. The topological polar surface area (TPSA) is 135 Å². The van der Waals surface area contributed by atoms with E-state index in [-0.39, 0.29) is 37.5 Å². The molecule has 0 spiro atoms. The number of hydrogen-bond acceptors (Lipinski definition) is 8. The second kappa shape index (κ2) is 12.5. The summed E-state index contributed by atoms with van der Waals surface area (Å²) < 4.78 is 18.1. The Morgan fingerprint density at radius 1 is 1.30 bits per heavy atom. The minimum Gasteiger partial charge on any atom is -0.493 e. The van der Waals surface area contributed by atoms with Gasteiger partial charge in [-0.3, -0.25) is 14.4 Å². The Morgan fingerprint density at radius 2 is 2.08 bits per heavy atom. The highest BCUT2D eigenvalue weighted by Gasteiger charge is 2.45. The van der Waals surface area contributed by atoms with Gasteiger partial charge in [0.1, 0.15) is 18.5 Å². The number of carbonyl (C=O) groups is 3. The first kappa shape index (κ1) is 27.8. The van der Waals surface area contributed by atoms with Crippen LogP contribution in [-0.4, -0.2) is 91.0 Å². The molecule has 3 aliphatic rings. The number of aliphatic hydroxyl groups is 2. The van der Waals surface area contributed by atoms with Crippen molar-refractivity contribution in [3.8, 4) is 11.5 Å². The number of aldehydes is 1. The number of hydrogen-bond donors (Lipinski definition) is 3. The van der Waals surface area contributed by atoms with Crippen LogP contribution in [0, 0.1) is 9.49 Å². The maximum absolute atomic E-state index is 13.4. The first-order valence-electron chi connectivity index (χ1n) is 12.6. The van der Waals surface area contributed by atoms with Crippen molar-refractivity contribution in [2.75, 3.05) is 33.4 Å². The van der Waals surface area contributed by atoms with Gasteiger partial charge < -0.3 is 34.6 Å². The van der Waals surface area contributed by atoms with Gasteiger partial charge in [0, 0.05) is 43.2 Å². The van der Waals surface area contributed by atoms with E-state index in [2.05, 4.69) is 5.32 Å². The maximum atomic E-state index is 13.4. The van der Waals surface area contributed by atoms with Crippen LogP contribution in [0.5, 0.6) is 11.5 Å². The van der Waals surface area contributed by atoms with Gasteiger partial charge in [-0.2, -0.15) is 0 Å². The molecule has 4 atom stereocenters. The molecule has 202 valence electrons. The third kappa shape index (κ3) is 6.62. The first-order chi connectivity index (χ1) is 17.9. The Balaban J connectivity index is 1.67. The van der Waals surface area contributed by atoms with Crippen molar-refractivity contribution in [2.24, 2.45) is 5.92 Å². The lowest BCUT2D eigenvalue weighted by Crippen LogP contribution is -2.57. The predicted molar refractivity (Wildman–Crippen MR) is 142 cm³/mol. The van der Waals surface area contributed by atoms with E-state index in [1.807, 2.05) is 22.6 Å². The van der Waals surface area contributed by atoms with Crippen molar-refractivity contribution in [1.82, 2.24) is 10.2 Å². The van der Waals surface area contributed by atoms with Crippen molar-refractivity contribution in [2.45, 2.75) is 56.5 Å². The quantitative estimate of drug-likeness (QED) is 0.248. The molecule has 11 heteroatoms. The van der Waals surface area contributed by atoms with Gasteiger partial charge in [0.05, 0.1) is 29.4 Å². The number of methoxy groups -OCH3 is 1. The summed E-state index contributed by atoms with van der Waals surface area (Å²) in [5.41, 5.74) is 0.765. The molecule has 2 amide bonds. The summed E-state index contributed by atoms with van der Waals surface area (Å²) in [6, 6.07) is 2.47. The minimum atomic E-state index is -1.13. The number of halogens is 1. The van der Waals surface area contributed by atoms with E-state index >= 15 is 0 Å². The van der Waals surface area contributed by atoms with E-state index in [4.69, 9.17) is 19.3 Å². The fourth-order valence-electron chi connectivity index (χ4n) is 4.80. The average molecular weight is 628 g/mol. The molecule has 1 heterocycles. The monoisotopic (exact) mass is 628 g/mol. The highest BCUT2D eigenvalue weighted by molar-refractivity contribution is 14.1. The normalized spacial score (nSPS) is 25.2. The molecule has 4 rings (SSSR count). The van der Waals surface area contributed by atoms with Crippen LogP contribution in [0.4, 0.5) is 0 Å². The maximum Gasteiger partial charge on any atom is 0.247 e. The van der Waals surface area contributed by atoms with Gasteiger partial charge in [0.15, 0.2) is 11.5 Å². The minimum absolute atomic E-state index is 0.0437. The van der Waals surface area contributed by atoms with Gasteiger partial charge in [0.25, 0.3) is 0 Å². The molecule has 1 saturated heterocycles. The highest BCUT2D eigenvalue weighted by atomic mass is 127. The van der Waals surface area contributed by atoms with Crippen LogP contribution in [0.2, 0.25) is 0 Å². The van der Waals surface area contributed by atoms with Crippen LogP contribution in [0.15, 0.2) is 23.8 Å². The third-order valence-electron chi connectivity index (χ3n) is 6.89. The van der Waals surface area contributed by atoms with Gasteiger partial charge in [0.2, 0.25) is 11.8 Å². The average Bonchev–Trinajstić information content (AvgIpc) is 3.63. The molecule has 10 nitrogen and oxygen atoms in total. The summed E-state index contributed by atoms with van der Waals surface area (Å²) in [5, 5.41) is 23.4. The third-order valence-corrected chi connectivity index (χ3v) is 7.69. The molecule has 2 fully saturated rings. The zero-order valence-electron chi connectivity index (χ0n) is 20.7. The highest BCUT2D eigenvalue weighted by Crippen LogP contribution is 2.38. The Bertz CT molecular complexity index is 1040. The summed E-state index contributed by atoms with van der Waals surface area (Å²) in [5.74, 6) is 0.117. The molecule has 37 heavy (non-hydrogen) atoms. The SMILES string of the molecule is COc1cc(C=O)cc(I)c1O[C@H]1C=C(C(=O)NCCO)C[C@@H](N(C[C@@H]2CCCO2)C(=O)C2CC2)[C@@H]1O. The number of aliphatic hydroxyl groups excluding tert-OH is 2. The number of nitrogens with zero attached hydrogens (tertiary/aromatic N) is 1. The molecule has 1 aliphatic heterocycles. The summed E-state index contributed by atoms with van der Waals surface area (Å²) >= 11 is 2.02. The molecule has 0 aromatic heterocycles. The van der Waals surface area contributed by atoms with E-state index in [9.17, 15) is 19.5 Å². The molecular weight excluding hydrogens is 595 g/mol. The Kier molecular flexibility index (Phi) is 9.43. The second-order valence-corrected chi connectivity index (χ2v) is 10.7. The Morgan fingerprint density at radius 3 is 2.70 bits per heavy atom. The van der Waals surface area contributed by atoms with Crippen molar-refractivity contribution in [3.63, 3.8) is 0 Å². The molecule has 1 aromatic rings. The van der Waals surface area contributed by atoms with Gasteiger partial charge in [-0.1, -0.05) is 0 Å². The lowest BCUT2D eigenvalue weighted by atomic mass is 9.87. The van der Waals surface area contributed by atoms with Crippen LogP contribution >= 0.6 is 22.6 Å². The van der Waals surface area contributed by atoms with Gasteiger partial charge in [-0.15, -0.1) is 0 Å². The van der Waals surface area contributed by atoms with Crippen molar-refractivity contribution >= 4 is 40.7 Å². The van der Waals surface area contributed by atoms with Gasteiger partial charge in [-0.25, -0.2) is 0 Å². The fraction of sp³-hybridized carbons (Fsp3) is 0.577. The van der Waals surface area contributed by atoms with Crippen LogP contribution in [0.25, 0.3) is 0 Å². The predicted octanol–water partition coefficient (Wildman–Crippen LogP) is 1.45. The molecule has 0 radical (unpaired) electrons. The molecule has 2 aliphatic carbocycles. The van der Waals surface area contributed by atoms with Crippen LogP contribution < -0.4 is 14.8 Å². The van der Waals surface area contributed by atoms with E-state index in [1.54, 1.807) is 17.0 Å².